The first-order chi connectivity index (χ1) is 7.31. The number of nitrogen functional groups attached to an aromatic ring is 1. The number of hydrogen-bond acceptors (Lipinski definition) is 5. The highest BCUT2D eigenvalue weighted by molar-refractivity contribution is 5.46. The third kappa shape index (κ3) is 2.19. The van der Waals surface area contributed by atoms with Crippen molar-refractivity contribution in [2.45, 2.75) is 6.04 Å². The summed E-state index contributed by atoms with van der Waals surface area (Å²) in [4.78, 5) is 6.28. The van der Waals surface area contributed by atoms with Gasteiger partial charge in [0.05, 0.1) is 37.7 Å². The second kappa shape index (κ2) is 4.46. The van der Waals surface area contributed by atoms with Gasteiger partial charge in [-0.25, -0.2) is 4.98 Å². The smallest absolute Gasteiger partial charge is 0.129 e. The summed E-state index contributed by atoms with van der Waals surface area (Å²) in [6.07, 6.45) is 1.62. The van der Waals surface area contributed by atoms with E-state index in [-0.39, 0.29) is 12.6 Å². The predicted octanol–water partition coefficient (Wildman–Crippen LogP) is -0.139. The lowest BCUT2D eigenvalue weighted by Gasteiger charge is -2.35. The molecular formula is C10H15N3O2. The summed E-state index contributed by atoms with van der Waals surface area (Å²) in [6, 6.07) is 3.67. The zero-order chi connectivity index (χ0) is 10.7. The van der Waals surface area contributed by atoms with E-state index in [4.69, 9.17) is 10.5 Å². The molecule has 1 aliphatic heterocycles. The second-order valence-corrected chi connectivity index (χ2v) is 3.55. The third-order valence-electron chi connectivity index (χ3n) is 2.50. The van der Waals surface area contributed by atoms with Crippen molar-refractivity contribution in [2.75, 3.05) is 37.0 Å². The summed E-state index contributed by atoms with van der Waals surface area (Å²) >= 11 is 0. The summed E-state index contributed by atoms with van der Waals surface area (Å²) < 4.78 is 5.29. The van der Waals surface area contributed by atoms with Crippen LogP contribution >= 0.6 is 0 Å². The summed E-state index contributed by atoms with van der Waals surface area (Å²) in [6.45, 7) is 2.04. The Morgan fingerprint density at radius 2 is 2.47 bits per heavy atom. The minimum absolute atomic E-state index is 0.00475. The molecule has 1 aliphatic rings. The van der Waals surface area contributed by atoms with E-state index in [0.29, 0.717) is 18.9 Å². The Bertz CT molecular complexity index is 315. The number of aliphatic hydroxyl groups is 1. The maximum Gasteiger partial charge on any atom is 0.129 e. The Balaban J connectivity index is 2.16. The third-order valence-corrected chi connectivity index (χ3v) is 2.50. The van der Waals surface area contributed by atoms with Gasteiger partial charge in [0.25, 0.3) is 0 Å². The van der Waals surface area contributed by atoms with Gasteiger partial charge in [0.2, 0.25) is 0 Å². The van der Waals surface area contributed by atoms with Gasteiger partial charge >= 0.3 is 0 Å². The molecule has 1 fully saturated rings. The van der Waals surface area contributed by atoms with Crippen LogP contribution in [0.2, 0.25) is 0 Å². The Morgan fingerprint density at radius 3 is 3.13 bits per heavy atom. The van der Waals surface area contributed by atoms with Gasteiger partial charge in [0.15, 0.2) is 0 Å². The van der Waals surface area contributed by atoms with Crippen molar-refractivity contribution in [3.8, 4) is 0 Å². The Hall–Kier alpha value is -1.33. The first-order valence-corrected chi connectivity index (χ1v) is 4.98. The number of aliphatic hydroxyl groups excluding tert-OH is 1. The van der Waals surface area contributed by atoms with Crippen LogP contribution in [0.4, 0.5) is 11.5 Å². The molecule has 0 bridgehead atoms. The number of pyridine rings is 1. The van der Waals surface area contributed by atoms with Crippen molar-refractivity contribution in [1.82, 2.24) is 4.98 Å². The summed E-state index contributed by atoms with van der Waals surface area (Å²) in [5, 5.41) is 9.20. The number of ether oxygens (including phenoxy) is 1. The summed E-state index contributed by atoms with van der Waals surface area (Å²) in [7, 11) is 0. The minimum atomic E-state index is -0.00475. The van der Waals surface area contributed by atoms with Gasteiger partial charge in [-0.05, 0) is 12.1 Å². The van der Waals surface area contributed by atoms with Crippen LogP contribution in [0, 0.1) is 0 Å². The Labute approximate surface area is 88.5 Å². The zero-order valence-corrected chi connectivity index (χ0v) is 8.47. The lowest BCUT2D eigenvalue weighted by Crippen LogP contribution is -2.48. The molecule has 1 aromatic rings. The fourth-order valence-corrected chi connectivity index (χ4v) is 1.68. The quantitative estimate of drug-likeness (QED) is 0.709. The van der Waals surface area contributed by atoms with E-state index in [1.807, 2.05) is 17.0 Å². The van der Waals surface area contributed by atoms with Crippen LogP contribution in [0.15, 0.2) is 18.3 Å². The van der Waals surface area contributed by atoms with Crippen molar-refractivity contribution in [3.05, 3.63) is 18.3 Å². The van der Waals surface area contributed by atoms with Crippen molar-refractivity contribution in [2.24, 2.45) is 0 Å². The molecule has 5 heteroatoms. The van der Waals surface area contributed by atoms with E-state index in [2.05, 4.69) is 4.98 Å². The van der Waals surface area contributed by atoms with Crippen molar-refractivity contribution in [1.29, 1.82) is 0 Å². The maximum atomic E-state index is 9.20. The highest BCUT2D eigenvalue weighted by Crippen LogP contribution is 2.17. The van der Waals surface area contributed by atoms with E-state index in [1.54, 1.807) is 6.20 Å². The largest absolute Gasteiger partial charge is 0.397 e. The molecule has 0 amide bonds. The molecule has 1 atom stereocenters. The van der Waals surface area contributed by atoms with Crippen LogP contribution in [-0.4, -0.2) is 42.5 Å². The van der Waals surface area contributed by atoms with Gasteiger partial charge in [0.1, 0.15) is 5.82 Å². The number of nitrogens with two attached hydrogens (primary N) is 1. The molecule has 0 aromatic carbocycles. The Morgan fingerprint density at radius 1 is 1.60 bits per heavy atom. The minimum Gasteiger partial charge on any atom is -0.397 e. The molecule has 5 nitrogen and oxygen atoms in total. The van der Waals surface area contributed by atoms with Gasteiger partial charge in [-0.1, -0.05) is 0 Å². The highest BCUT2D eigenvalue weighted by Gasteiger charge is 2.23. The number of aromatic nitrogens is 1. The summed E-state index contributed by atoms with van der Waals surface area (Å²) in [5.41, 5.74) is 6.21. The molecule has 1 aromatic heterocycles. The molecule has 1 unspecified atom stereocenters. The van der Waals surface area contributed by atoms with Crippen LogP contribution in [-0.2, 0) is 4.74 Å². The fourth-order valence-electron chi connectivity index (χ4n) is 1.68. The number of rotatable bonds is 2. The van der Waals surface area contributed by atoms with Gasteiger partial charge in [0, 0.05) is 6.54 Å². The van der Waals surface area contributed by atoms with Gasteiger partial charge in [-0.15, -0.1) is 0 Å². The van der Waals surface area contributed by atoms with E-state index >= 15 is 0 Å². The first kappa shape index (κ1) is 10.2. The van der Waals surface area contributed by atoms with Crippen LogP contribution in [0.5, 0.6) is 0 Å². The van der Waals surface area contributed by atoms with Gasteiger partial charge in [-0.3, -0.25) is 0 Å². The lowest BCUT2D eigenvalue weighted by molar-refractivity contribution is 0.0723. The molecule has 0 radical (unpaired) electrons. The number of nitrogens with zero attached hydrogens (tertiary/aromatic N) is 2. The normalized spacial score (nSPS) is 21.7. The molecule has 1 saturated heterocycles. The summed E-state index contributed by atoms with van der Waals surface area (Å²) in [5.74, 6) is 0.839. The average molecular weight is 209 g/mol. The van der Waals surface area contributed by atoms with E-state index < -0.39 is 0 Å². The zero-order valence-electron chi connectivity index (χ0n) is 8.47. The maximum absolute atomic E-state index is 9.20. The van der Waals surface area contributed by atoms with Crippen LogP contribution in [0.25, 0.3) is 0 Å². The highest BCUT2D eigenvalue weighted by atomic mass is 16.5. The molecule has 15 heavy (non-hydrogen) atoms. The molecule has 82 valence electrons. The number of morpholine rings is 1. The number of hydrogen-bond donors (Lipinski definition) is 2. The Kier molecular flexibility index (Phi) is 3.03. The molecule has 0 spiro atoms. The van der Waals surface area contributed by atoms with Gasteiger partial charge in [-0.2, -0.15) is 0 Å². The SMILES string of the molecule is Nc1ccc(N2CCOCC2CO)nc1. The van der Waals surface area contributed by atoms with Crippen molar-refractivity contribution < 1.29 is 9.84 Å². The molecule has 3 N–H and O–H groups in total. The molecule has 0 aliphatic carbocycles. The van der Waals surface area contributed by atoms with E-state index in [9.17, 15) is 5.11 Å². The average Bonchev–Trinajstić information content (AvgIpc) is 2.30. The molecule has 2 rings (SSSR count). The van der Waals surface area contributed by atoms with Crippen molar-refractivity contribution in [3.63, 3.8) is 0 Å². The van der Waals surface area contributed by atoms with E-state index in [1.165, 1.54) is 0 Å². The predicted molar refractivity (Wildman–Crippen MR) is 57.7 cm³/mol. The second-order valence-electron chi connectivity index (χ2n) is 3.55. The lowest BCUT2D eigenvalue weighted by atomic mass is 10.2. The van der Waals surface area contributed by atoms with Crippen molar-refractivity contribution >= 4 is 11.5 Å². The number of anilines is 2. The fraction of sp³-hybridized carbons (Fsp3) is 0.500. The molecule has 2 heterocycles. The molecular weight excluding hydrogens is 194 g/mol. The van der Waals surface area contributed by atoms with Crippen LogP contribution in [0.3, 0.4) is 0 Å². The standard InChI is InChI=1S/C10H15N3O2/c11-8-1-2-10(12-5-8)13-3-4-15-7-9(13)6-14/h1-2,5,9,14H,3-4,6-7,11H2. The topological polar surface area (TPSA) is 71.6 Å². The van der Waals surface area contributed by atoms with Crippen LogP contribution < -0.4 is 10.6 Å². The first-order valence-electron chi connectivity index (χ1n) is 4.98. The van der Waals surface area contributed by atoms with E-state index in [0.717, 1.165) is 12.4 Å². The van der Waals surface area contributed by atoms with Gasteiger partial charge < -0.3 is 20.5 Å². The molecule has 0 saturated carbocycles. The monoisotopic (exact) mass is 209 g/mol. The van der Waals surface area contributed by atoms with Crippen LogP contribution in [0.1, 0.15) is 0 Å².